The van der Waals surface area contributed by atoms with Gasteiger partial charge in [0.25, 0.3) is 0 Å². The number of hydrogen-bond donors (Lipinski definition) is 1. The molecular weight excluding hydrogens is 422 g/mol. The molecule has 3 aliphatic carbocycles. The van der Waals surface area contributed by atoms with Crippen molar-refractivity contribution in [2.75, 3.05) is 26.8 Å². The van der Waals surface area contributed by atoms with Gasteiger partial charge in [-0.2, -0.15) is 0 Å². The highest BCUT2D eigenvalue weighted by atomic mass is 16.6. The van der Waals surface area contributed by atoms with E-state index in [0.717, 1.165) is 31.5 Å². The molecule has 5 rings (SSSR count). The third-order valence-corrected chi connectivity index (χ3v) is 8.86. The number of rotatable bonds is 3. The Morgan fingerprint density at radius 3 is 2.58 bits per heavy atom. The first-order chi connectivity index (χ1) is 15.6. The van der Waals surface area contributed by atoms with Gasteiger partial charge in [-0.1, -0.05) is 13.8 Å². The summed E-state index contributed by atoms with van der Waals surface area (Å²) in [5.41, 5.74) is 0.571. The van der Waals surface area contributed by atoms with Crippen molar-refractivity contribution in [3.05, 3.63) is 34.3 Å². The lowest BCUT2D eigenvalue weighted by molar-refractivity contribution is -0.156. The lowest BCUT2D eigenvalue weighted by Gasteiger charge is -2.53. The van der Waals surface area contributed by atoms with Crippen LogP contribution in [0.5, 0.6) is 0 Å². The van der Waals surface area contributed by atoms with Crippen LogP contribution in [0.15, 0.2) is 34.3 Å². The van der Waals surface area contributed by atoms with Crippen molar-refractivity contribution in [3.63, 3.8) is 0 Å². The monoisotopic (exact) mass is 455 g/mol. The number of ether oxygens (including phenoxy) is 2. The lowest BCUT2D eigenvalue weighted by Crippen LogP contribution is -2.55. The van der Waals surface area contributed by atoms with E-state index in [1.807, 2.05) is 20.8 Å². The van der Waals surface area contributed by atoms with Crippen molar-refractivity contribution in [2.24, 2.45) is 22.7 Å². The van der Waals surface area contributed by atoms with Crippen molar-refractivity contribution >= 4 is 17.5 Å². The summed E-state index contributed by atoms with van der Waals surface area (Å²) < 4.78 is 11.4. The van der Waals surface area contributed by atoms with Crippen molar-refractivity contribution in [1.29, 1.82) is 0 Å². The molecule has 2 saturated heterocycles. The maximum atomic E-state index is 13.7. The molecule has 7 heteroatoms. The standard InChI is InChI=1S/C26H33NO6/c1-14-11-25(2)16(7-8-17(25)28)19-20(14)26(3)18(13-32-4)33-24(31)15(12-27-9-5-6-10-27)21(26)23(30)22(19)29/h12,14,16,18,30H,5-11,13H2,1-4H3/b15-12+/t14-,16+,18-,25+,26-/m1/s1. The molecule has 1 N–H and O–H groups in total. The first kappa shape index (κ1) is 22.4. The third-order valence-electron chi connectivity index (χ3n) is 8.86. The number of carbonyl (C=O) groups is 3. The number of esters is 1. The van der Waals surface area contributed by atoms with E-state index in [-0.39, 0.29) is 35.6 Å². The molecule has 5 atom stereocenters. The smallest absolute Gasteiger partial charge is 0.340 e. The Morgan fingerprint density at radius 1 is 1.21 bits per heavy atom. The highest BCUT2D eigenvalue weighted by molar-refractivity contribution is 6.13. The molecule has 0 bridgehead atoms. The van der Waals surface area contributed by atoms with Crippen LogP contribution in [0.4, 0.5) is 0 Å². The van der Waals surface area contributed by atoms with Crippen LogP contribution >= 0.6 is 0 Å². The number of aliphatic hydroxyl groups excluding tert-OH is 1. The molecule has 178 valence electrons. The van der Waals surface area contributed by atoms with Crippen LogP contribution in [0.3, 0.4) is 0 Å². The summed E-state index contributed by atoms with van der Waals surface area (Å²) in [5.74, 6) is -1.47. The number of carbonyl (C=O) groups excluding carboxylic acids is 3. The zero-order valence-electron chi connectivity index (χ0n) is 19.9. The van der Waals surface area contributed by atoms with Crippen LogP contribution in [0.25, 0.3) is 0 Å². The van der Waals surface area contributed by atoms with E-state index < -0.39 is 28.7 Å². The second-order valence-electron chi connectivity index (χ2n) is 10.8. The van der Waals surface area contributed by atoms with Crippen molar-refractivity contribution in [1.82, 2.24) is 4.90 Å². The van der Waals surface area contributed by atoms with Crippen LogP contribution in [0.1, 0.15) is 52.9 Å². The van der Waals surface area contributed by atoms with Gasteiger partial charge in [0.05, 0.1) is 17.6 Å². The Hall–Kier alpha value is -2.41. The summed E-state index contributed by atoms with van der Waals surface area (Å²) in [6.45, 7) is 7.77. The average molecular weight is 456 g/mol. The molecule has 0 unspecified atom stereocenters. The molecule has 0 radical (unpaired) electrons. The summed E-state index contributed by atoms with van der Waals surface area (Å²) in [7, 11) is 1.55. The van der Waals surface area contributed by atoms with Gasteiger partial charge in [-0.15, -0.1) is 0 Å². The van der Waals surface area contributed by atoms with Gasteiger partial charge in [-0.25, -0.2) is 4.79 Å². The summed E-state index contributed by atoms with van der Waals surface area (Å²) >= 11 is 0. The number of ketones is 2. The van der Waals surface area contributed by atoms with Gasteiger partial charge >= 0.3 is 5.97 Å². The zero-order chi connectivity index (χ0) is 23.7. The number of likely N-dealkylation sites (tertiary alicyclic amines) is 1. The predicted molar refractivity (Wildman–Crippen MR) is 120 cm³/mol. The van der Waals surface area contributed by atoms with Crippen LogP contribution in [0, 0.1) is 22.7 Å². The molecule has 2 heterocycles. The first-order valence-electron chi connectivity index (χ1n) is 12.1. The fourth-order valence-electron chi connectivity index (χ4n) is 7.35. The van der Waals surface area contributed by atoms with E-state index in [2.05, 4.69) is 4.90 Å². The second-order valence-corrected chi connectivity index (χ2v) is 10.8. The molecule has 7 nitrogen and oxygen atoms in total. The number of Topliss-reactive ketones (excluding diaryl/α,β-unsaturated/α-hetero) is 2. The van der Waals surface area contributed by atoms with E-state index in [1.54, 1.807) is 13.3 Å². The maximum absolute atomic E-state index is 13.7. The fraction of sp³-hybridized carbons (Fsp3) is 0.654. The van der Waals surface area contributed by atoms with Gasteiger partial charge in [-0.3, -0.25) is 9.59 Å². The number of fused-ring (bicyclic) bond motifs is 4. The Kier molecular flexibility index (Phi) is 5.12. The highest BCUT2D eigenvalue weighted by Crippen LogP contribution is 2.63. The second kappa shape index (κ2) is 7.55. The fourth-order valence-corrected chi connectivity index (χ4v) is 7.35. The number of aliphatic hydroxyl groups is 1. The largest absolute Gasteiger partial charge is 0.504 e. The van der Waals surface area contributed by atoms with Crippen molar-refractivity contribution < 1.29 is 29.0 Å². The molecular formula is C26H33NO6. The summed E-state index contributed by atoms with van der Waals surface area (Å²) in [4.78, 5) is 41.8. The predicted octanol–water partition coefficient (Wildman–Crippen LogP) is 3.26. The van der Waals surface area contributed by atoms with Gasteiger partial charge in [0.1, 0.15) is 11.9 Å². The van der Waals surface area contributed by atoms with Gasteiger partial charge in [0.15, 0.2) is 5.76 Å². The topological polar surface area (TPSA) is 93.1 Å². The number of cyclic esters (lactones) is 1. The number of allylic oxidation sites excluding steroid dienone is 1. The van der Waals surface area contributed by atoms with E-state index in [9.17, 15) is 19.5 Å². The minimum atomic E-state index is -0.908. The van der Waals surface area contributed by atoms with E-state index in [1.165, 1.54) is 0 Å². The average Bonchev–Trinajstić information content (AvgIpc) is 3.37. The van der Waals surface area contributed by atoms with E-state index in [4.69, 9.17) is 9.47 Å². The van der Waals surface area contributed by atoms with Crippen LogP contribution in [0.2, 0.25) is 0 Å². The van der Waals surface area contributed by atoms with Crippen molar-refractivity contribution in [2.45, 2.75) is 59.0 Å². The minimum Gasteiger partial charge on any atom is -0.504 e. The Balaban J connectivity index is 1.74. The molecule has 3 fully saturated rings. The van der Waals surface area contributed by atoms with Gasteiger partial charge in [0.2, 0.25) is 5.78 Å². The quantitative estimate of drug-likeness (QED) is 0.516. The minimum absolute atomic E-state index is 0.0791. The zero-order valence-corrected chi connectivity index (χ0v) is 19.9. The Bertz CT molecular complexity index is 1030. The lowest BCUT2D eigenvalue weighted by atomic mass is 9.52. The van der Waals surface area contributed by atoms with Crippen LogP contribution in [-0.2, 0) is 23.9 Å². The molecule has 2 aliphatic heterocycles. The summed E-state index contributed by atoms with van der Waals surface area (Å²) in [6.07, 6.45) is 4.85. The molecule has 0 aromatic rings. The molecule has 0 aromatic heterocycles. The SMILES string of the molecule is COC[C@H]1OC(=O)/C(=C/N2CCCC2)C2=C(O)C(=O)C3=C([C@H](C)C[C@]4(C)C(=O)CC[C@@H]34)[C@]21C. The van der Waals surface area contributed by atoms with Gasteiger partial charge < -0.3 is 19.5 Å². The first-order valence-corrected chi connectivity index (χ1v) is 12.1. The van der Waals surface area contributed by atoms with Gasteiger partial charge in [0, 0.05) is 55.3 Å². The maximum Gasteiger partial charge on any atom is 0.340 e. The van der Waals surface area contributed by atoms with E-state index in [0.29, 0.717) is 30.4 Å². The number of nitrogens with zero attached hydrogens (tertiary/aromatic N) is 1. The number of hydrogen-bond acceptors (Lipinski definition) is 7. The van der Waals surface area contributed by atoms with E-state index >= 15 is 0 Å². The van der Waals surface area contributed by atoms with Gasteiger partial charge in [-0.05, 0) is 44.1 Å². The summed E-state index contributed by atoms with van der Waals surface area (Å²) in [5, 5.41) is 11.4. The molecule has 5 aliphatic rings. The summed E-state index contributed by atoms with van der Waals surface area (Å²) in [6, 6.07) is 0. The van der Waals surface area contributed by atoms with Crippen LogP contribution < -0.4 is 0 Å². The third kappa shape index (κ3) is 2.94. The highest BCUT2D eigenvalue weighted by Gasteiger charge is 2.63. The Labute approximate surface area is 194 Å². The Morgan fingerprint density at radius 2 is 1.91 bits per heavy atom. The molecule has 33 heavy (non-hydrogen) atoms. The molecule has 0 aromatic carbocycles. The molecule has 0 amide bonds. The molecule has 1 saturated carbocycles. The van der Waals surface area contributed by atoms with Crippen LogP contribution in [-0.4, -0.2) is 60.5 Å². The number of methoxy groups -OCH3 is 1. The molecule has 0 spiro atoms. The normalized spacial score (nSPS) is 39.8. The van der Waals surface area contributed by atoms with Crippen molar-refractivity contribution in [3.8, 4) is 0 Å².